The zero-order chi connectivity index (χ0) is 12.7. The van der Waals surface area contributed by atoms with Crippen LogP contribution in [0.4, 0.5) is 0 Å². The molecule has 4 heteroatoms. The van der Waals surface area contributed by atoms with E-state index in [1.807, 2.05) is 6.92 Å². The Morgan fingerprint density at radius 2 is 2.22 bits per heavy atom. The van der Waals surface area contributed by atoms with Gasteiger partial charge in [-0.1, -0.05) is 24.3 Å². The van der Waals surface area contributed by atoms with Crippen molar-refractivity contribution in [2.45, 2.75) is 25.8 Å². The molecule has 0 amide bonds. The summed E-state index contributed by atoms with van der Waals surface area (Å²) in [7, 11) is 0. The average molecular weight is 305 g/mol. The Hall–Kier alpha value is -1.42. The van der Waals surface area contributed by atoms with Gasteiger partial charge in [0.2, 0.25) is 0 Å². The van der Waals surface area contributed by atoms with Gasteiger partial charge in [-0.05, 0) is 40.4 Å². The fourth-order valence-corrected chi connectivity index (χ4v) is 2.77. The fourth-order valence-electron chi connectivity index (χ4n) is 2.44. The van der Waals surface area contributed by atoms with Gasteiger partial charge in [0.1, 0.15) is 4.47 Å². The predicted molar refractivity (Wildman–Crippen MR) is 73.8 cm³/mol. The van der Waals surface area contributed by atoms with E-state index in [4.69, 9.17) is 0 Å². The third-order valence-corrected chi connectivity index (χ3v) is 4.45. The second-order valence-electron chi connectivity index (χ2n) is 4.70. The molecule has 0 bridgehead atoms. The number of nitrogens with zero attached hydrogens (tertiary/aromatic N) is 2. The van der Waals surface area contributed by atoms with Crippen molar-refractivity contribution < 1.29 is 0 Å². The third kappa shape index (κ3) is 1.81. The standard InChI is InChI=1S/C14H13BrN2O/c1-9-13(15)14(18)17(8-16-9)7-11-6-10-4-2-3-5-12(10)11/h2-5,8,11H,6-7H2,1H3. The lowest BCUT2D eigenvalue weighted by Gasteiger charge is -2.30. The van der Waals surface area contributed by atoms with E-state index in [0.29, 0.717) is 16.9 Å². The van der Waals surface area contributed by atoms with Crippen molar-refractivity contribution >= 4 is 15.9 Å². The average Bonchev–Trinajstić information content (AvgIpc) is 2.35. The number of benzene rings is 1. The quantitative estimate of drug-likeness (QED) is 0.855. The number of hydrogen-bond acceptors (Lipinski definition) is 2. The Kier molecular flexibility index (Phi) is 2.82. The Labute approximate surface area is 114 Å². The molecular formula is C14H13BrN2O. The summed E-state index contributed by atoms with van der Waals surface area (Å²) in [6, 6.07) is 8.41. The van der Waals surface area contributed by atoms with Crippen molar-refractivity contribution in [2.75, 3.05) is 0 Å². The van der Waals surface area contributed by atoms with Gasteiger partial charge in [0.05, 0.1) is 12.0 Å². The first-order chi connectivity index (χ1) is 8.66. The van der Waals surface area contributed by atoms with Gasteiger partial charge in [0.25, 0.3) is 5.56 Å². The Morgan fingerprint density at radius 3 is 3.00 bits per heavy atom. The van der Waals surface area contributed by atoms with Gasteiger partial charge in [-0.15, -0.1) is 0 Å². The van der Waals surface area contributed by atoms with Crippen LogP contribution in [0.15, 0.2) is 39.9 Å². The topological polar surface area (TPSA) is 34.9 Å². The van der Waals surface area contributed by atoms with Crippen LogP contribution in [0.2, 0.25) is 0 Å². The van der Waals surface area contributed by atoms with E-state index < -0.39 is 0 Å². The largest absolute Gasteiger partial charge is 0.298 e. The number of fused-ring (bicyclic) bond motifs is 1. The Balaban J connectivity index is 1.88. The van der Waals surface area contributed by atoms with Gasteiger partial charge in [0, 0.05) is 12.5 Å². The van der Waals surface area contributed by atoms with Crippen LogP contribution in [0.3, 0.4) is 0 Å². The normalized spacial score (nSPS) is 17.1. The first kappa shape index (κ1) is 11.7. The van der Waals surface area contributed by atoms with Crippen molar-refractivity contribution in [3.63, 3.8) is 0 Å². The van der Waals surface area contributed by atoms with Crippen LogP contribution in [0.25, 0.3) is 0 Å². The molecule has 1 aromatic heterocycles. The molecule has 0 spiro atoms. The number of rotatable bonds is 2. The highest BCUT2D eigenvalue weighted by Crippen LogP contribution is 2.35. The lowest BCUT2D eigenvalue weighted by atomic mass is 9.77. The molecule has 2 aromatic rings. The van der Waals surface area contributed by atoms with Crippen LogP contribution in [0.5, 0.6) is 0 Å². The van der Waals surface area contributed by atoms with Gasteiger partial charge in [-0.2, -0.15) is 0 Å². The molecule has 1 unspecified atom stereocenters. The minimum Gasteiger partial charge on any atom is -0.298 e. The molecule has 18 heavy (non-hydrogen) atoms. The molecule has 0 fully saturated rings. The second kappa shape index (κ2) is 4.35. The summed E-state index contributed by atoms with van der Waals surface area (Å²) in [5.41, 5.74) is 3.51. The van der Waals surface area contributed by atoms with Gasteiger partial charge in [0.15, 0.2) is 0 Å². The molecule has 1 atom stereocenters. The molecule has 92 valence electrons. The van der Waals surface area contributed by atoms with Gasteiger partial charge in [-0.25, -0.2) is 4.98 Å². The van der Waals surface area contributed by atoms with E-state index in [1.54, 1.807) is 10.9 Å². The maximum atomic E-state index is 12.1. The molecule has 1 aliphatic carbocycles. The molecule has 3 rings (SSSR count). The summed E-state index contributed by atoms with van der Waals surface area (Å²) in [5.74, 6) is 0.440. The van der Waals surface area contributed by atoms with E-state index in [2.05, 4.69) is 45.2 Å². The smallest absolute Gasteiger partial charge is 0.267 e. The van der Waals surface area contributed by atoms with Crippen LogP contribution in [0.1, 0.15) is 22.7 Å². The molecule has 0 saturated carbocycles. The van der Waals surface area contributed by atoms with Crippen LogP contribution in [0, 0.1) is 6.92 Å². The van der Waals surface area contributed by atoms with E-state index >= 15 is 0 Å². The molecule has 3 nitrogen and oxygen atoms in total. The molecule has 1 heterocycles. The summed E-state index contributed by atoms with van der Waals surface area (Å²) in [4.78, 5) is 16.3. The molecule has 0 radical (unpaired) electrons. The molecular weight excluding hydrogens is 292 g/mol. The zero-order valence-corrected chi connectivity index (χ0v) is 11.6. The van der Waals surface area contributed by atoms with Crippen LogP contribution in [-0.2, 0) is 13.0 Å². The summed E-state index contributed by atoms with van der Waals surface area (Å²) >= 11 is 3.30. The number of aromatic nitrogens is 2. The SMILES string of the molecule is Cc1ncn(CC2Cc3ccccc32)c(=O)c1Br. The highest BCUT2D eigenvalue weighted by atomic mass is 79.9. The monoisotopic (exact) mass is 304 g/mol. The van der Waals surface area contributed by atoms with Gasteiger partial charge >= 0.3 is 0 Å². The van der Waals surface area contributed by atoms with Crippen molar-refractivity contribution in [2.24, 2.45) is 0 Å². The molecule has 1 aromatic carbocycles. The number of aryl methyl sites for hydroxylation is 1. The summed E-state index contributed by atoms with van der Waals surface area (Å²) in [5, 5.41) is 0. The fraction of sp³-hybridized carbons (Fsp3) is 0.286. The van der Waals surface area contributed by atoms with Gasteiger partial charge in [-0.3, -0.25) is 9.36 Å². The molecule has 0 N–H and O–H groups in total. The first-order valence-corrected chi connectivity index (χ1v) is 6.75. The minimum atomic E-state index is 0.00637. The molecule has 0 aliphatic heterocycles. The van der Waals surface area contributed by atoms with Crippen molar-refractivity contribution in [1.29, 1.82) is 0 Å². The Bertz CT molecular complexity index is 663. The maximum absolute atomic E-state index is 12.1. The van der Waals surface area contributed by atoms with Crippen LogP contribution in [-0.4, -0.2) is 9.55 Å². The highest BCUT2D eigenvalue weighted by molar-refractivity contribution is 9.10. The van der Waals surface area contributed by atoms with Crippen LogP contribution >= 0.6 is 15.9 Å². The van der Waals surface area contributed by atoms with Crippen molar-refractivity contribution in [1.82, 2.24) is 9.55 Å². The lowest BCUT2D eigenvalue weighted by Crippen LogP contribution is -2.29. The van der Waals surface area contributed by atoms with E-state index in [9.17, 15) is 4.79 Å². The lowest BCUT2D eigenvalue weighted by molar-refractivity contribution is 0.492. The van der Waals surface area contributed by atoms with Crippen LogP contribution < -0.4 is 5.56 Å². The van der Waals surface area contributed by atoms with E-state index in [1.165, 1.54) is 11.1 Å². The van der Waals surface area contributed by atoms with Gasteiger partial charge < -0.3 is 0 Å². The van der Waals surface area contributed by atoms with E-state index in [-0.39, 0.29) is 5.56 Å². The molecule has 0 saturated heterocycles. The Morgan fingerprint density at radius 1 is 1.44 bits per heavy atom. The second-order valence-corrected chi connectivity index (χ2v) is 5.49. The predicted octanol–water partition coefficient (Wildman–Crippen LogP) is 2.65. The van der Waals surface area contributed by atoms with E-state index in [0.717, 1.165) is 12.1 Å². The first-order valence-electron chi connectivity index (χ1n) is 5.96. The third-order valence-electron chi connectivity index (χ3n) is 3.54. The maximum Gasteiger partial charge on any atom is 0.267 e. The van der Waals surface area contributed by atoms with Crippen molar-refractivity contribution in [3.05, 3.63) is 62.2 Å². The van der Waals surface area contributed by atoms with Crippen molar-refractivity contribution in [3.8, 4) is 0 Å². The number of halogens is 1. The summed E-state index contributed by atoms with van der Waals surface area (Å²) < 4.78 is 2.26. The zero-order valence-electron chi connectivity index (χ0n) is 10.1. The summed E-state index contributed by atoms with van der Waals surface area (Å²) in [6.45, 7) is 2.54. The number of hydrogen-bond donors (Lipinski definition) is 0. The molecule has 1 aliphatic rings. The summed E-state index contributed by atoms with van der Waals surface area (Å²) in [6.07, 6.45) is 2.69. The minimum absolute atomic E-state index is 0.00637. The highest BCUT2D eigenvalue weighted by Gasteiger charge is 2.26.